The summed E-state index contributed by atoms with van der Waals surface area (Å²) in [7, 11) is 1.26. The lowest BCUT2D eigenvalue weighted by Gasteiger charge is -2.40. The van der Waals surface area contributed by atoms with E-state index in [1.54, 1.807) is 12.1 Å². The Kier molecular flexibility index (Phi) is 8.98. The molecular formula is C27H30Cl2F3N3O4. The number of anilines is 1. The van der Waals surface area contributed by atoms with Gasteiger partial charge in [-0.15, -0.1) is 0 Å². The Hall–Kier alpha value is -2.56. The summed E-state index contributed by atoms with van der Waals surface area (Å²) in [4.78, 5) is 31.6. The average molecular weight is 588 g/mol. The number of rotatable bonds is 7. The molecule has 1 unspecified atom stereocenters. The fourth-order valence-corrected chi connectivity index (χ4v) is 5.89. The van der Waals surface area contributed by atoms with E-state index < -0.39 is 23.2 Å². The first-order valence-electron chi connectivity index (χ1n) is 12.8. The number of aromatic nitrogens is 1. The van der Waals surface area contributed by atoms with Crippen molar-refractivity contribution in [2.75, 3.05) is 38.2 Å². The van der Waals surface area contributed by atoms with Crippen LogP contribution in [-0.2, 0) is 10.4 Å². The second-order valence-electron chi connectivity index (χ2n) is 10.2. The van der Waals surface area contributed by atoms with Gasteiger partial charge in [-0.1, -0.05) is 23.2 Å². The molecule has 1 aromatic heterocycles. The molecule has 7 nitrogen and oxygen atoms in total. The Bertz CT molecular complexity index is 1200. The molecule has 2 aromatic rings. The van der Waals surface area contributed by atoms with Gasteiger partial charge in [0, 0.05) is 36.8 Å². The molecule has 1 aromatic carbocycles. The first-order valence-corrected chi connectivity index (χ1v) is 13.5. The molecule has 4 rings (SSSR count). The number of pyridine rings is 1. The zero-order valence-corrected chi connectivity index (χ0v) is 22.9. The molecule has 2 fully saturated rings. The third-order valence-electron chi connectivity index (χ3n) is 7.74. The fraction of sp³-hybridized carbons (Fsp3) is 0.519. The number of alkyl halides is 3. The number of piperidine rings is 2. The van der Waals surface area contributed by atoms with Crippen LogP contribution < -0.4 is 9.64 Å². The summed E-state index contributed by atoms with van der Waals surface area (Å²) in [5.41, 5.74) is -4.05. The first-order chi connectivity index (χ1) is 18.5. The number of amides is 1. The largest absolute Gasteiger partial charge is 0.497 e. The summed E-state index contributed by atoms with van der Waals surface area (Å²) in [5, 5.41) is 10.9. The molecule has 2 saturated heterocycles. The van der Waals surface area contributed by atoms with E-state index in [0.717, 1.165) is 55.2 Å². The summed E-state index contributed by atoms with van der Waals surface area (Å²) in [6, 6.07) is 6.66. The molecule has 0 aliphatic carbocycles. The zero-order valence-electron chi connectivity index (χ0n) is 21.4. The fourth-order valence-electron chi connectivity index (χ4n) is 5.47. The van der Waals surface area contributed by atoms with Crippen LogP contribution in [0.5, 0.6) is 5.75 Å². The molecule has 2 aliphatic heterocycles. The van der Waals surface area contributed by atoms with E-state index in [9.17, 15) is 27.9 Å². The Morgan fingerprint density at radius 1 is 1.08 bits per heavy atom. The van der Waals surface area contributed by atoms with Gasteiger partial charge in [-0.2, -0.15) is 13.2 Å². The summed E-state index contributed by atoms with van der Waals surface area (Å²) < 4.78 is 47.4. The molecule has 1 amide bonds. The van der Waals surface area contributed by atoms with Crippen molar-refractivity contribution < 1.29 is 32.6 Å². The number of aldehydes is 1. The number of ether oxygens (including phenoxy) is 1. The molecule has 0 radical (unpaired) electrons. The van der Waals surface area contributed by atoms with Gasteiger partial charge >= 0.3 is 6.18 Å². The second kappa shape index (κ2) is 11.9. The summed E-state index contributed by atoms with van der Waals surface area (Å²) in [6.07, 6.45) is -0.689. The number of nitrogens with zero attached hydrogens (tertiary/aromatic N) is 3. The maximum Gasteiger partial charge on any atom is 0.430 e. The van der Waals surface area contributed by atoms with Gasteiger partial charge in [-0.3, -0.25) is 9.59 Å². The molecule has 2 aliphatic rings. The monoisotopic (exact) mass is 587 g/mol. The van der Waals surface area contributed by atoms with Gasteiger partial charge in [0.2, 0.25) is 0 Å². The van der Waals surface area contributed by atoms with Gasteiger partial charge in [-0.05, 0) is 74.3 Å². The number of halogens is 5. The Balaban J connectivity index is 1.34. The first kappa shape index (κ1) is 29.4. The standard InChI is InChI=1S/C27H30Cl2F3N3O4/c1-39-22-14-20(13-21(28)15-22)26(38,27(30,31)32)25(37)35-10-6-18(7-11-35)12-17-4-8-34(9-5-17)23-3-2-19(16-36)24(29)33-23/h2-3,13-18,38H,4-12H2,1H3. The van der Waals surface area contributed by atoms with Gasteiger partial charge in [0.05, 0.1) is 12.7 Å². The van der Waals surface area contributed by atoms with Crippen LogP contribution >= 0.6 is 23.2 Å². The number of aliphatic hydroxyl groups is 1. The summed E-state index contributed by atoms with van der Waals surface area (Å²) in [6.45, 7) is 1.83. The van der Waals surface area contributed by atoms with Crippen molar-refractivity contribution in [3.05, 3.63) is 51.6 Å². The number of likely N-dealkylation sites (tertiary alicyclic amines) is 1. The Labute approximate surface area is 234 Å². The molecule has 0 spiro atoms. The third kappa shape index (κ3) is 6.28. The molecule has 3 heterocycles. The van der Waals surface area contributed by atoms with Gasteiger partial charge < -0.3 is 19.6 Å². The minimum atomic E-state index is -5.25. The van der Waals surface area contributed by atoms with Crippen molar-refractivity contribution in [2.24, 2.45) is 11.8 Å². The SMILES string of the molecule is COc1cc(Cl)cc(C(O)(C(=O)N2CCC(CC3CCN(c4ccc(C=O)c(Cl)n4)CC3)CC2)C(F)(F)F)c1. The van der Waals surface area contributed by atoms with Gasteiger partial charge in [0.15, 0.2) is 6.29 Å². The lowest BCUT2D eigenvalue weighted by molar-refractivity contribution is -0.262. The summed E-state index contributed by atoms with van der Waals surface area (Å²) >= 11 is 12.0. The van der Waals surface area contributed by atoms with Crippen LogP contribution in [-0.4, -0.2) is 66.6 Å². The van der Waals surface area contributed by atoms with E-state index in [1.165, 1.54) is 13.2 Å². The number of carbonyl (C=O) groups is 2. The molecule has 0 saturated carbocycles. The smallest absolute Gasteiger partial charge is 0.430 e. The zero-order chi connectivity index (χ0) is 28.4. The van der Waals surface area contributed by atoms with Crippen molar-refractivity contribution in [3.8, 4) is 5.75 Å². The number of hydrogen-bond donors (Lipinski definition) is 1. The van der Waals surface area contributed by atoms with E-state index in [-0.39, 0.29) is 34.9 Å². The van der Waals surface area contributed by atoms with Crippen LogP contribution in [0.2, 0.25) is 10.2 Å². The average Bonchev–Trinajstić information content (AvgIpc) is 2.92. The maximum absolute atomic E-state index is 14.2. The number of carbonyl (C=O) groups excluding carboxylic acids is 2. The van der Waals surface area contributed by atoms with Crippen LogP contribution in [0.3, 0.4) is 0 Å². The van der Waals surface area contributed by atoms with E-state index in [0.29, 0.717) is 30.6 Å². The van der Waals surface area contributed by atoms with E-state index in [1.807, 2.05) is 0 Å². The second-order valence-corrected chi connectivity index (χ2v) is 11.0. The van der Waals surface area contributed by atoms with Gasteiger partial charge in [0.1, 0.15) is 16.7 Å². The molecule has 1 atom stereocenters. The molecule has 39 heavy (non-hydrogen) atoms. The highest BCUT2D eigenvalue weighted by Crippen LogP contribution is 2.43. The minimum absolute atomic E-state index is 0.00888. The quantitative estimate of drug-likeness (QED) is 0.340. The third-order valence-corrected chi connectivity index (χ3v) is 8.26. The van der Waals surface area contributed by atoms with Crippen molar-refractivity contribution in [3.63, 3.8) is 0 Å². The van der Waals surface area contributed by atoms with E-state index >= 15 is 0 Å². The predicted octanol–water partition coefficient (Wildman–Crippen LogP) is 5.50. The molecule has 0 bridgehead atoms. The predicted molar refractivity (Wildman–Crippen MR) is 141 cm³/mol. The van der Waals surface area contributed by atoms with Gasteiger partial charge in [0.25, 0.3) is 11.5 Å². The molecular weight excluding hydrogens is 558 g/mol. The van der Waals surface area contributed by atoms with Crippen LogP contribution in [0.1, 0.15) is 48.0 Å². The maximum atomic E-state index is 14.2. The topological polar surface area (TPSA) is 83.0 Å². The van der Waals surface area contributed by atoms with Crippen LogP contribution in [0, 0.1) is 11.8 Å². The van der Waals surface area contributed by atoms with E-state index in [4.69, 9.17) is 27.9 Å². The van der Waals surface area contributed by atoms with E-state index in [2.05, 4.69) is 9.88 Å². The van der Waals surface area contributed by atoms with Crippen LogP contribution in [0.15, 0.2) is 30.3 Å². The molecule has 212 valence electrons. The number of benzene rings is 1. The highest BCUT2D eigenvalue weighted by molar-refractivity contribution is 6.31. The normalized spacial score (nSPS) is 19.1. The molecule has 12 heteroatoms. The van der Waals surface area contributed by atoms with Crippen molar-refractivity contribution in [1.29, 1.82) is 0 Å². The van der Waals surface area contributed by atoms with Crippen molar-refractivity contribution >= 4 is 41.2 Å². The Morgan fingerprint density at radius 2 is 1.69 bits per heavy atom. The van der Waals surface area contributed by atoms with Crippen LogP contribution in [0.25, 0.3) is 0 Å². The van der Waals surface area contributed by atoms with Crippen molar-refractivity contribution in [1.82, 2.24) is 9.88 Å². The lowest BCUT2D eigenvalue weighted by Crippen LogP contribution is -2.57. The molecule has 1 N–H and O–H groups in total. The van der Waals surface area contributed by atoms with Crippen molar-refractivity contribution in [2.45, 2.75) is 43.9 Å². The number of hydrogen-bond acceptors (Lipinski definition) is 6. The van der Waals surface area contributed by atoms with Crippen LogP contribution in [0.4, 0.5) is 19.0 Å². The minimum Gasteiger partial charge on any atom is -0.497 e. The summed E-state index contributed by atoms with van der Waals surface area (Å²) in [5.74, 6) is 0.0531. The highest BCUT2D eigenvalue weighted by Gasteiger charge is 2.62. The number of methoxy groups -OCH3 is 1. The lowest BCUT2D eigenvalue weighted by atomic mass is 9.82. The Morgan fingerprint density at radius 3 is 2.23 bits per heavy atom. The highest BCUT2D eigenvalue weighted by atomic mass is 35.5. The van der Waals surface area contributed by atoms with Gasteiger partial charge in [-0.25, -0.2) is 4.98 Å².